The first kappa shape index (κ1) is 17.5. The van der Waals surface area contributed by atoms with Crippen molar-refractivity contribution in [3.8, 4) is 0 Å². The highest BCUT2D eigenvalue weighted by molar-refractivity contribution is 5.14. The molecule has 1 aliphatic rings. The van der Waals surface area contributed by atoms with Crippen molar-refractivity contribution in [2.45, 2.75) is 52.3 Å². The summed E-state index contributed by atoms with van der Waals surface area (Å²) in [7, 11) is 0. The first-order valence-electron chi connectivity index (χ1n) is 8.76. The highest BCUT2D eigenvalue weighted by Crippen LogP contribution is 2.23. The number of hydrogen-bond acceptors (Lipinski definition) is 3. The van der Waals surface area contributed by atoms with E-state index in [1.807, 2.05) is 0 Å². The Bertz CT molecular complexity index is 421. The van der Waals surface area contributed by atoms with Crippen molar-refractivity contribution < 1.29 is 5.11 Å². The molecule has 3 nitrogen and oxygen atoms in total. The molecule has 0 spiro atoms. The highest BCUT2D eigenvalue weighted by atomic mass is 16.3. The van der Waals surface area contributed by atoms with Crippen LogP contribution in [0.1, 0.15) is 39.2 Å². The summed E-state index contributed by atoms with van der Waals surface area (Å²) in [5, 5.41) is 14.0. The van der Waals surface area contributed by atoms with E-state index in [9.17, 15) is 5.11 Å². The molecule has 1 aromatic rings. The monoisotopic (exact) mass is 304 g/mol. The number of benzene rings is 1. The number of hydrogen-bond donors (Lipinski definition) is 2. The van der Waals surface area contributed by atoms with Gasteiger partial charge in [-0.3, -0.25) is 0 Å². The fourth-order valence-corrected chi connectivity index (χ4v) is 3.52. The lowest BCUT2D eigenvalue weighted by atomic mass is 9.88. The van der Waals surface area contributed by atoms with Gasteiger partial charge in [-0.15, -0.1) is 0 Å². The molecule has 1 aliphatic heterocycles. The van der Waals surface area contributed by atoms with E-state index in [1.165, 1.54) is 5.56 Å². The van der Waals surface area contributed by atoms with Crippen LogP contribution >= 0.6 is 0 Å². The Balaban J connectivity index is 1.93. The van der Waals surface area contributed by atoms with Crippen molar-refractivity contribution in [1.82, 2.24) is 10.2 Å². The SMILES string of the molecule is CCC(O)C1CC(NCc2ccccc2)CN(CC(C)C)C1. The molecule has 0 aromatic heterocycles. The van der Waals surface area contributed by atoms with Gasteiger partial charge in [0.2, 0.25) is 0 Å². The fraction of sp³-hybridized carbons (Fsp3) is 0.684. The third-order valence-electron chi connectivity index (χ3n) is 4.58. The molecule has 0 saturated carbocycles. The Hall–Kier alpha value is -0.900. The van der Waals surface area contributed by atoms with Crippen LogP contribution in [0.5, 0.6) is 0 Å². The number of rotatable bonds is 7. The van der Waals surface area contributed by atoms with Gasteiger partial charge in [-0.1, -0.05) is 51.1 Å². The van der Waals surface area contributed by atoms with Crippen molar-refractivity contribution in [2.75, 3.05) is 19.6 Å². The Morgan fingerprint density at radius 3 is 2.59 bits per heavy atom. The topological polar surface area (TPSA) is 35.5 Å². The van der Waals surface area contributed by atoms with Crippen LogP contribution in [0, 0.1) is 11.8 Å². The summed E-state index contributed by atoms with van der Waals surface area (Å²) < 4.78 is 0. The van der Waals surface area contributed by atoms with E-state index in [-0.39, 0.29) is 6.10 Å². The zero-order valence-corrected chi connectivity index (χ0v) is 14.3. The lowest BCUT2D eigenvalue weighted by molar-refractivity contribution is 0.0315. The molecule has 3 unspecified atom stereocenters. The lowest BCUT2D eigenvalue weighted by Crippen LogP contribution is -2.52. The molecule has 3 heteroatoms. The highest BCUT2D eigenvalue weighted by Gasteiger charge is 2.30. The molecular weight excluding hydrogens is 272 g/mol. The van der Waals surface area contributed by atoms with E-state index in [0.29, 0.717) is 17.9 Å². The summed E-state index contributed by atoms with van der Waals surface area (Å²) in [6, 6.07) is 11.0. The zero-order valence-electron chi connectivity index (χ0n) is 14.3. The Morgan fingerprint density at radius 2 is 1.95 bits per heavy atom. The van der Waals surface area contributed by atoms with Gasteiger partial charge in [-0.2, -0.15) is 0 Å². The minimum absolute atomic E-state index is 0.170. The summed E-state index contributed by atoms with van der Waals surface area (Å²) in [6.45, 7) is 10.8. The van der Waals surface area contributed by atoms with Crippen molar-refractivity contribution in [3.05, 3.63) is 35.9 Å². The van der Waals surface area contributed by atoms with E-state index in [0.717, 1.165) is 39.0 Å². The average molecular weight is 304 g/mol. The van der Waals surface area contributed by atoms with Crippen LogP contribution in [0.4, 0.5) is 0 Å². The third kappa shape index (κ3) is 5.38. The van der Waals surface area contributed by atoms with E-state index in [2.05, 4.69) is 61.3 Å². The third-order valence-corrected chi connectivity index (χ3v) is 4.58. The second-order valence-corrected chi connectivity index (χ2v) is 7.15. The molecule has 1 aromatic carbocycles. The van der Waals surface area contributed by atoms with Crippen molar-refractivity contribution in [2.24, 2.45) is 11.8 Å². The van der Waals surface area contributed by atoms with Gasteiger partial charge < -0.3 is 15.3 Å². The van der Waals surface area contributed by atoms with Crippen LogP contribution in [-0.4, -0.2) is 41.8 Å². The van der Waals surface area contributed by atoms with E-state index in [4.69, 9.17) is 0 Å². The van der Waals surface area contributed by atoms with Gasteiger partial charge in [0.15, 0.2) is 0 Å². The Kier molecular flexibility index (Phi) is 6.87. The van der Waals surface area contributed by atoms with E-state index < -0.39 is 0 Å². The first-order valence-corrected chi connectivity index (χ1v) is 8.76. The van der Waals surface area contributed by atoms with Gasteiger partial charge in [-0.05, 0) is 30.2 Å². The molecule has 2 rings (SSSR count). The van der Waals surface area contributed by atoms with Crippen LogP contribution in [-0.2, 0) is 6.54 Å². The predicted octanol–water partition coefficient (Wildman–Crippen LogP) is 2.89. The number of likely N-dealkylation sites (tertiary alicyclic amines) is 1. The smallest absolute Gasteiger partial charge is 0.0578 e. The molecule has 22 heavy (non-hydrogen) atoms. The van der Waals surface area contributed by atoms with Gasteiger partial charge in [0, 0.05) is 32.2 Å². The summed E-state index contributed by atoms with van der Waals surface area (Å²) >= 11 is 0. The molecule has 1 fully saturated rings. The number of piperidine rings is 1. The van der Waals surface area contributed by atoms with Gasteiger partial charge in [-0.25, -0.2) is 0 Å². The largest absolute Gasteiger partial charge is 0.393 e. The quantitative estimate of drug-likeness (QED) is 0.813. The van der Waals surface area contributed by atoms with Crippen molar-refractivity contribution in [1.29, 1.82) is 0 Å². The maximum Gasteiger partial charge on any atom is 0.0578 e. The van der Waals surface area contributed by atoms with E-state index >= 15 is 0 Å². The van der Waals surface area contributed by atoms with Gasteiger partial charge in [0.05, 0.1) is 6.10 Å². The second-order valence-electron chi connectivity index (χ2n) is 7.15. The molecule has 124 valence electrons. The van der Waals surface area contributed by atoms with Crippen LogP contribution in [0.3, 0.4) is 0 Å². The number of aliphatic hydroxyl groups is 1. The normalized spacial score (nSPS) is 24.6. The average Bonchev–Trinajstić information content (AvgIpc) is 2.52. The van der Waals surface area contributed by atoms with Crippen LogP contribution in [0.25, 0.3) is 0 Å². The summed E-state index contributed by atoms with van der Waals surface area (Å²) in [4.78, 5) is 2.53. The van der Waals surface area contributed by atoms with Crippen LogP contribution in [0.2, 0.25) is 0 Å². The number of nitrogens with zero attached hydrogens (tertiary/aromatic N) is 1. The van der Waals surface area contributed by atoms with Crippen molar-refractivity contribution in [3.63, 3.8) is 0 Å². The molecule has 0 bridgehead atoms. The molecule has 0 aliphatic carbocycles. The summed E-state index contributed by atoms with van der Waals surface area (Å²) in [6.07, 6.45) is 1.76. The molecule has 0 radical (unpaired) electrons. The van der Waals surface area contributed by atoms with Gasteiger partial charge in [0.1, 0.15) is 0 Å². The molecule has 0 amide bonds. The van der Waals surface area contributed by atoms with E-state index in [1.54, 1.807) is 0 Å². The van der Waals surface area contributed by atoms with Crippen LogP contribution < -0.4 is 5.32 Å². The first-order chi connectivity index (χ1) is 10.6. The predicted molar refractivity (Wildman–Crippen MR) is 92.8 cm³/mol. The standard InChI is InChI=1S/C19H32N2O/c1-4-19(22)17-10-18(14-21(13-17)12-15(2)3)20-11-16-8-6-5-7-9-16/h5-9,15,17-20,22H,4,10-14H2,1-3H3. The zero-order chi connectivity index (χ0) is 15.9. The molecule has 1 saturated heterocycles. The molecule has 3 atom stereocenters. The fourth-order valence-electron chi connectivity index (χ4n) is 3.52. The minimum Gasteiger partial charge on any atom is -0.393 e. The van der Waals surface area contributed by atoms with Gasteiger partial charge >= 0.3 is 0 Å². The van der Waals surface area contributed by atoms with Gasteiger partial charge in [0.25, 0.3) is 0 Å². The maximum atomic E-state index is 10.3. The molecular formula is C19H32N2O. The molecule has 1 heterocycles. The number of aliphatic hydroxyl groups excluding tert-OH is 1. The Morgan fingerprint density at radius 1 is 1.23 bits per heavy atom. The van der Waals surface area contributed by atoms with Crippen LogP contribution in [0.15, 0.2) is 30.3 Å². The maximum absolute atomic E-state index is 10.3. The summed E-state index contributed by atoms with van der Waals surface area (Å²) in [5.41, 5.74) is 1.33. The number of nitrogens with one attached hydrogen (secondary N) is 1. The Labute approximate surface area is 135 Å². The lowest BCUT2D eigenvalue weighted by Gasteiger charge is -2.40. The van der Waals surface area contributed by atoms with Crippen molar-refractivity contribution >= 4 is 0 Å². The molecule has 2 N–H and O–H groups in total. The minimum atomic E-state index is -0.170. The summed E-state index contributed by atoms with van der Waals surface area (Å²) in [5.74, 6) is 1.07. The second kappa shape index (κ2) is 8.66.